The van der Waals surface area contributed by atoms with E-state index in [1.807, 2.05) is 0 Å². The molecule has 1 unspecified atom stereocenters. The largest absolute Gasteiger partial charge is 0.340 e. The first-order chi connectivity index (χ1) is 11.1. The van der Waals surface area contributed by atoms with Crippen LogP contribution in [0.4, 0.5) is 0 Å². The van der Waals surface area contributed by atoms with Crippen LogP contribution < -0.4 is 0 Å². The predicted molar refractivity (Wildman–Crippen MR) is 102 cm³/mol. The third-order valence-corrected chi connectivity index (χ3v) is 5.16. The average molecular weight is 307 g/mol. The van der Waals surface area contributed by atoms with Crippen LogP contribution in [0.2, 0.25) is 0 Å². The molecule has 122 valence electrons. The van der Waals surface area contributed by atoms with Crippen LogP contribution >= 0.6 is 0 Å². The molecule has 0 saturated carbocycles. The fourth-order valence-corrected chi connectivity index (χ4v) is 3.69. The van der Waals surface area contributed by atoms with Gasteiger partial charge in [0.15, 0.2) is 0 Å². The molecule has 0 aliphatic rings. The molecule has 0 saturated heterocycles. The number of fused-ring (bicyclic) bond motifs is 3. The van der Waals surface area contributed by atoms with E-state index >= 15 is 0 Å². The van der Waals surface area contributed by atoms with E-state index in [0.717, 1.165) is 12.5 Å². The lowest BCUT2D eigenvalue weighted by molar-refractivity contribution is 0.401. The molecule has 0 bridgehead atoms. The average Bonchev–Trinajstić information content (AvgIpc) is 2.83. The van der Waals surface area contributed by atoms with Crippen molar-refractivity contribution in [3.8, 4) is 0 Å². The van der Waals surface area contributed by atoms with Crippen LogP contribution in [0.15, 0.2) is 36.4 Å². The van der Waals surface area contributed by atoms with E-state index in [0.29, 0.717) is 0 Å². The first-order valence-corrected chi connectivity index (χ1v) is 9.13. The van der Waals surface area contributed by atoms with Gasteiger partial charge in [-0.25, -0.2) is 0 Å². The lowest BCUT2D eigenvalue weighted by Crippen LogP contribution is -2.10. The zero-order valence-corrected chi connectivity index (χ0v) is 15.0. The fraction of sp³-hybridized carbons (Fsp3) is 0.455. The van der Waals surface area contributed by atoms with Crippen molar-refractivity contribution >= 4 is 21.8 Å². The first kappa shape index (κ1) is 16.1. The summed E-state index contributed by atoms with van der Waals surface area (Å²) in [6, 6.07) is 13.8. The minimum absolute atomic E-state index is 0.773. The van der Waals surface area contributed by atoms with Crippen molar-refractivity contribution in [3.05, 3.63) is 47.5 Å². The molecule has 1 nitrogen and oxygen atoms in total. The molecule has 1 heteroatoms. The molecule has 1 aromatic heterocycles. The molecule has 0 N–H and O–H groups in total. The van der Waals surface area contributed by atoms with Crippen molar-refractivity contribution in [2.24, 2.45) is 5.92 Å². The quantitative estimate of drug-likeness (QED) is 0.482. The van der Waals surface area contributed by atoms with Crippen molar-refractivity contribution in [1.29, 1.82) is 0 Å². The number of unbranched alkanes of at least 4 members (excludes halogenated alkanes) is 1. The van der Waals surface area contributed by atoms with Crippen molar-refractivity contribution < 1.29 is 0 Å². The number of nitrogens with zero attached hydrogens (tertiary/aromatic N) is 1. The van der Waals surface area contributed by atoms with Gasteiger partial charge < -0.3 is 4.57 Å². The second kappa shape index (κ2) is 6.78. The SMILES string of the molecule is CCCCC(CC)Cn1c2cc(C)ccc2c2ccc(C)cc21. The van der Waals surface area contributed by atoms with Gasteiger partial charge >= 0.3 is 0 Å². The highest BCUT2D eigenvalue weighted by atomic mass is 15.0. The lowest BCUT2D eigenvalue weighted by Gasteiger charge is -2.17. The van der Waals surface area contributed by atoms with Crippen LogP contribution in [-0.2, 0) is 6.54 Å². The number of hydrogen-bond acceptors (Lipinski definition) is 0. The summed E-state index contributed by atoms with van der Waals surface area (Å²) in [5, 5.41) is 2.80. The molecule has 0 radical (unpaired) electrons. The molecule has 2 aromatic carbocycles. The summed E-state index contributed by atoms with van der Waals surface area (Å²) >= 11 is 0. The van der Waals surface area contributed by atoms with E-state index in [-0.39, 0.29) is 0 Å². The molecule has 0 aliphatic carbocycles. The van der Waals surface area contributed by atoms with E-state index < -0.39 is 0 Å². The summed E-state index contributed by atoms with van der Waals surface area (Å²) in [5.74, 6) is 0.773. The molecule has 0 aliphatic heterocycles. The third-order valence-electron chi connectivity index (χ3n) is 5.16. The van der Waals surface area contributed by atoms with Crippen LogP contribution in [-0.4, -0.2) is 4.57 Å². The van der Waals surface area contributed by atoms with Crippen LogP contribution in [0, 0.1) is 19.8 Å². The predicted octanol–water partition coefficient (Wildman–Crippen LogP) is 6.63. The van der Waals surface area contributed by atoms with Crippen molar-refractivity contribution in [2.45, 2.75) is 59.9 Å². The Hall–Kier alpha value is -1.76. The second-order valence-corrected chi connectivity index (χ2v) is 7.07. The zero-order valence-electron chi connectivity index (χ0n) is 15.0. The number of hydrogen-bond donors (Lipinski definition) is 0. The Morgan fingerprint density at radius 2 is 1.43 bits per heavy atom. The van der Waals surface area contributed by atoms with Crippen molar-refractivity contribution in [3.63, 3.8) is 0 Å². The maximum Gasteiger partial charge on any atom is 0.0494 e. The van der Waals surface area contributed by atoms with E-state index in [2.05, 4.69) is 68.7 Å². The maximum absolute atomic E-state index is 2.58. The molecule has 1 heterocycles. The Morgan fingerprint density at radius 1 is 0.870 bits per heavy atom. The van der Waals surface area contributed by atoms with E-state index in [4.69, 9.17) is 0 Å². The number of benzene rings is 2. The highest BCUT2D eigenvalue weighted by molar-refractivity contribution is 6.08. The monoisotopic (exact) mass is 307 g/mol. The summed E-state index contributed by atoms with van der Waals surface area (Å²) in [5.41, 5.74) is 5.50. The minimum Gasteiger partial charge on any atom is -0.340 e. The van der Waals surface area contributed by atoms with Crippen LogP contribution in [0.1, 0.15) is 50.7 Å². The van der Waals surface area contributed by atoms with Gasteiger partial charge in [0.2, 0.25) is 0 Å². The smallest absolute Gasteiger partial charge is 0.0494 e. The van der Waals surface area contributed by atoms with Gasteiger partial charge in [0.05, 0.1) is 0 Å². The Balaban J connectivity index is 2.14. The normalized spacial score (nSPS) is 13.0. The summed E-state index contributed by atoms with van der Waals surface area (Å²) in [6.45, 7) is 10.2. The highest BCUT2D eigenvalue weighted by Gasteiger charge is 2.14. The lowest BCUT2D eigenvalue weighted by atomic mass is 9.99. The van der Waals surface area contributed by atoms with Gasteiger partial charge in [0, 0.05) is 28.4 Å². The molecule has 0 fully saturated rings. The Labute approximate surface area is 140 Å². The van der Waals surface area contributed by atoms with Gasteiger partial charge in [-0.2, -0.15) is 0 Å². The second-order valence-electron chi connectivity index (χ2n) is 7.07. The highest BCUT2D eigenvalue weighted by Crippen LogP contribution is 2.32. The number of rotatable bonds is 6. The molecule has 3 rings (SSSR count). The van der Waals surface area contributed by atoms with Gasteiger partial charge in [-0.3, -0.25) is 0 Å². The molecule has 23 heavy (non-hydrogen) atoms. The minimum atomic E-state index is 0.773. The fourth-order valence-electron chi connectivity index (χ4n) is 3.69. The number of aryl methyl sites for hydroxylation is 2. The molecule has 3 aromatic rings. The standard InChI is InChI=1S/C22H29N/c1-5-7-8-18(6-2)15-23-21-13-16(3)9-11-19(21)20-12-10-17(4)14-22(20)23/h9-14,18H,5-8,15H2,1-4H3. The summed E-state index contributed by atoms with van der Waals surface area (Å²) in [6.07, 6.45) is 5.24. The third kappa shape index (κ3) is 3.15. The van der Waals surface area contributed by atoms with E-state index in [9.17, 15) is 0 Å². The summed E-state index contributed by atoms with van der Waals surface area (Å²) in [7, 11) is 0. The topological polar surface area (TPSA) is 4.93 Å². The van der Waals surface area contributed by atoms with Gasteiger partial charge in [-0.1, -0.05) is 57.4 Å². The Morgan fingerprint density at radius 3 is 1.91 bits per heavy atom. The van der Waals surface area contributed by atoms with E-state index in [1.54, 1.807) is 0 Å². The maximum atomic E-state index is 2.58. The van der Waals surface area contributed by atoms with Gasteiger partial charge in [0.25, 0.3) is 0 Å². The van der Waals surface area contributed by atoms with Crippen LogP contribution in [0.5, 0.6) is 0 Å². The van der Waals surface area contributed by atoms with Gasteiger partial charge in [-0.05, 0) is 49.4 Å². The molecule has 1 atom stereocenters. The molecule has 0 spiro atoms. The molecular formula is C22H29N. The van der Waals surface area contributed by atoms with Gasteiger partial charge in [-0.15, -0.1) is 0 Å². The Bertz CT molecular complexity index is 750. The molecular weight excluding hydrogens is 278 g/mol. The molecule has 0 amide bonds. The first-order valence-electron chi connectivity index (χ1n) is 9.13. The zero-order chi connectivity index (χ0) is 16.4. The van der Waals surface area contributed by atoms with Crippen LogP contribution in [0.3, 0.4) is 0 Å². The summed E-state index contributed by atoms with van der Waals surface area (Å²) in [4.78, 5) is 0. The number of aromatic nitrogens is 1. The van der Waals surface area contributed by atoms with E-state index in [1.165, 1.54) is 58.6 Å². The van der Waals surface area contributed by atoms with Gasteiger partial charge in [0.1, 0.15) is 0 Å². The summed E-state index contributed by atoms with van der Waals surface area (Å²) < 4.78 is 2.58. The Kier molecular flexibility index (Phi) is 4.75. The van der Waals surface area contributed by atoms with Crippen molar-refractivity contribution in [1.82, 2.24) is 4.57 Å². The van der Waals surface area contributed by atoms with Crippen LogP contribution in [0.25, 0.3) is 21.8 Å². The van der Waals surface area contributed by atoms with Crippen molar-refractivity contribution in [2.75, 3.05) is 0 Å².